The van der Waals surface area contributed by atoms with Gasteiger partial charge in [0.1, 0.15) is 0 Å². The van der Waals surface area contributed by atoms with Crippen molar-refractivity contribution in [1.29, 1.82) is 0 Å². The van der Waals surface area contributed by atoms with Gasteiger partial charge in [-0.2, -0.15) is 0 Å². The van der Waals surface area contributed by atoms with Gasteiger partial charge in [0.25, 0.3) is 0 Å². The number of methoxy groups -OCH3 is 1. The van der Waals surface area contributed by atoms with E-state index in [1.807, 2.05) is 42.7 Å². The van der Waals surface area contributed by atoms with Crippen LogP contribution in [0.2, 0.25) is 0 Å². The largest absolute Gasteiger partial charge is 0.465 e. The molecule has 1 aliphatic rings. The zero-order valence-corrected chi connectivity index (χ0v) is 27.6. The summed E-state index contributed by atoms with van der Waals surface area (Å²) in [6, 6.07) is 24.9. The van der Waals surface area contributed by atoms with Crippen molar-refractivity contribution in [2.75, 3.05) is 13.7 Å². The third kappa shape index (κ3) is 6.13. The van der Waals surface area contributed by atoms with Gasteiger partial charge < -0.3 is 14.0 Å². The van der Waals surface area contributed by atoms with Gasteiger partial charge in [-0.3, -0.25) is 4.79 Å². The van der Waals surface area contributed by atoms with Crippen LogP contribution < -0.4 is 0 Å². The first-order chi connectivity index (χ1) is 22.5. The molecule has 1 aliphatic carbocycles. The SMILES string of the molecule is COC(=O)c1ccc(-n2c(C)cc(C(=O)COC(=O)c3c4c(nc5ccccc35)C(=Cc3ccc(C(C)(C)C)cc3)CC4)c2C)cc1. The third-order valence-electron chi connectivity index (χ3n) is 8.88. The highest BCUT2D eigenvalue weighted by Crippen LogP contribution is 2.38. The van der Waals surface area contributed by atoms with Gasteiger partial charge in [-0.15, -0.1) is 0 Å². The minimum Gasteiger partial charge on any atom is -0.465 e. The molecule has 0 atom stereocenters. The summed E-state index contributed by atoms with van der Waals surface area (Å²) in [5.41, 5.74) is 9.62. The summed E-state index contributed by atoms with van der Waals surface area (Å²) < 4.78 is 12.5. The lowest BCUT2D eigenvalue weighted by atomic mass is 9.86. The monoisotopic (exact) mass is 626 g/mol. The maximum absolute atomic E-state index is 13.8. The van der Waals surface area contributed by atoms with Gasteiger partial charge in [-0.05, 0) is 96.8 Å². The molecule has 2 heterocycles. The van der Waals surface area contributed by atoms with Crippen molar-refractivity contribution >= 4 is 40.3 Å². The predicted octanol–water partition coefficient (Wildman–Crippen LogP) is 8.25. The van der Waals surface area contributed by atoms with E-state index in [4.69, 9.17) is 14.5 Å². The molecule has 0 saturated heterocycles. The summed E-state index contributed by atoms with van der Waals surface area (Å²) in [6.07, 6.45) is 3.57. The van der Waals surface area contributed by atoms with E-state index in [0.717, 1.165) is 45.9 Å². The molecule has 0 unspecified atom stereocenters. The van der Waals surface area contributed by atoms with Crippen LogP contribution in [-0.4, -0.2) is 41.0 Å². The van der Waals surface area contributed by atoms with Crippen LogP contribution in [0, 0.1) is 13.8 Å². The number of ketones is 1. The van der Waals surface area contributed by atoms with Gasteiger partial charge in [-0.25, -0.2) is 14.6 Å². The number of aromatic nitrogens is 2. The topological polar surface area (TPSA) is 87.5 Å². The number of esters is 2. The Labute approximate surface area is 274 Å². The molecule has 2 aromatic heterocycles. The Balaban J connectivity index is 1.26. The summed E-state index contributed by atoms with van der Waals surface area (Å²) in [7, 11) is 1.34. The first-order valence-electron chi connectivity index (χ1n) is 15.8. The van der Waals surface area contributed by atoms with E-state index in [0.29, 0.717) is 34.0 Å². The number of aryl methyl sites for hydroxylation is 1. The van der Waals surface area contributed by atoms with Crippen molar-refractivity contribution in [3.8, 4) is 5.69 Å². The number of allylic oxidation sites excluding steroid dienone is 1. The van der Waals surface area contributed by atoms with E-state index in [1.54, 1.807) is 30.3 Å². The van der Waals surface area contributed by atoms with Gasteiger partial charge >= 0.3 is 11.9 Å². The van der Waals surface area contributed by atoms with Gasteiger partial charge in [0.15, 0.2) is 6.61 Å². The molecule has 0 aliphatic heterocycles. The van der Waals surface area contributed by atoms with Crippen molar-refractivity contribution in [2.24, 2.45) is 0 Å². The number of carbonyl (C=O) groups is 3. The first-order valence-corrected chi connectivity index (χ1v) is 15.8. The number of ether oxygens (including phenoxy) is 2. The Kier molecular flexibility index (Phi) is 8.41. The quantitative estimate of drug-likeness (QED) is 0.134. The smallest absolute Gasteiger partial charge is 0.339 e. The van der Waals surface area contributed by atoms with E-state index in [1.165, 1.54) is 12.7 Å². The van der Waals surface area contributed by atoms with Crippen LogP contribution in [0.15, 0.2) is 78.9 Å². The standard InChI is InChI=1S/C40H38N2O5/c1-24-21-33(25(2)42(24)30-18-13-27(14-19-30)38(44)46-6)35(43)23-47-39(45)36-31-9-7-8-10-34(31)41-37-28(15-20-32(36)37)22-26-11-16-29(17-12-26)40(3,4)5/h7-14,16-19,21-22H,15,20,23H2,1-6H3. The number of hydrogen-bond acceptors (Lipinski definition) is 6. The maximum Gasteiger partial charge on any atom is 0.339 e. The second kappa shape index (κ2) is 12.5. The van der Waals surface area contributed by atoms with Crippen LogP contribution in [0.25, 0.3) is 28.2 Å². The molecule has 0 amide bonds. The summed E-state index contributed by atoms with van der Waals surface area (Å²) in [5, 5.41) is 0.716. The predicted molar refractivity (Wildman–Crippen MR) is 184 cm³/mol. The summed E-state index contributed by atoms with van der Waals surface area (Å²) in [5.74, 6) is -1.24. The van der Waals surface area contributed by atoms with Gasteiger partial charge in [0.05, 0.1) is 29.4 Å². The minimum absolute atomic E-state index is 0.0729. The van der Waals surface area contributed by atoms with Gasteiger partial charge in [0.2, 0.25) is 5.78 Å². The molecule has 238 valence electrons. The lowest BCUT2D eigenvalue weighted by Crippen LogP contribution is -2.17. The molecule has 7 heteroatoms. The van der Waals surface area contributed by atoms with Crippen LogP contribution in [0.1, 0.15) is 92.0 Å². The van der Waals surface area contributed by atoms with Crippen LogP contribution in [0.5, 0.6) is 0 Å². The number of rotatable bonds is 7. The molecule has 0 N–H and O–H groups in total. The van der Waals surface area contributed by atoms with E-state index in [-0.39, 0.29) is 11.2 Å². The van der Waals surface area contributed by atoms with Crippen molar-refractivity contribution in [3.05, 3.63) is 129 Å². The van der Waals surface area contributed by atoms with Crippen molar-refractivity contribution < 1.29 is 23.9 Å². The molecule has 5 aromatic rings. The molecular weight excluding hydrogens is 588 g/mol. The van der Waals surface area contributed by atoms with E-state index < -0.39 is 18.5 Å². The minimum atomic E-state index is -0.531. The lowest BCUT2D eigenvalue weighted by molar-refractivity contribution is 0.0475. The number of Topliss-reactive ketones (excluding diaryl/α,β-unsaturated/α-hetero) is 1. The number of fused-ring (bicyclic) bond motifs is 2. The number of para-hydroxylation sites is 1. The van der Waals surface area contributed by atoms with Crippen LogP contribution in [0.3, 0.4) is 0 Å². The maximum atomic E-state index is 13.8. The molecule has 3 aromatic carbocycles. The fourth-order valence-electron chi connectivity index (χ4n) is 6.38. The van der Waals surface area contributed by atoms with E-state index in [2.05, 4.69) is 51.1 Å². The molecule has 7 nitrogen and oxygen atoms in total. The third-order valence-corrected chi connectivity index (χ3v) is 8.88. The Morgan fingerprint density at radius 2 is 1.60 bits per heavy atom. The van der Waals surface area contributed by atoms with Gasteiger partial charge in [-0.1, -0.05) is 63.2 Å². The van der Waals surface area contributed by atoms with Crippen LogP contribution >= 0.6 is 0 Å². The van der Waals surface area contributed by atoms with Crippen molar-refractivity contribution in [3.63, 3.8) is 0 Å². The number of benzene rings is 3. The number of carbonyl (C=O) groups excluding carboxylic acids is 3. The molecule has 0 bridgehead atoms. The normalized spacial score (nSPS) is 13.5. The second-order valence-corrected chi connectivity index (χ2v) is 13.0. The number of nitrogens with zero attached hydrogens (tertiary/aromatic N) is 2. The Hall–Kier alpha value is -5.30. The molecule has 6 rings (SSSR count). The fourth-order valence-corrected chi connectivity index (χ4v) is 6.38. The molecule has 0 radical (unpaired) electrons. The summed E-state index contributed by atoms with van der Waals surface area (Å²) >= 11 is 0. The number of pyridine rings is 1. The molecule has 0 fully saturated rings. The first kappa shape index (κ1) is 31.7. The van der Waals surface area contributed by atoms with Crippen LogP contribution in [0.4, 0.5) is 0 Å². The fraction of sp³-hybridized carbons (Fsp3) is 0.250. The Morgan fingerprint density at radius 3 is 2.28 bits per heavy atom. The summed E-state index contributed by atoms with van der Waals surface area (Å²) in [4.78, 5) is 44.1. The zero-order valence-electron chi connectivity index (χ0n) is 27.6. The molecule has 47 heavy (non-hydrogen) atoms. The highest BCUT2D eigenvalue weighted by molar-refractivity contribution is 6.08. The van der Waals surface area contributed by atoms with E-state index >= 15 is 0 Å². The summed E-state index contributed by atoms with van der Waals surface area (Å²) in [6.45, 7) is 9.96. The average Bonchev–Trinajstić information content (AvgIpc) is 3.60. The lowest BCUT2D eigenvalue weighted by Gasteiger charge is -2.18. The average molecular weight is 627 g/mol. The van der Waals surface area contributed by atoms with Crippen molar-refractivity contribution in [2.45, 2.75) is 52.9 Å². The Bertz CT molecular complexity index is 2060. The Morgan fingerprint density at radius 1 is 0.894 bits per heavy atom. The number of hydrogen-bond donors (Lipinski definition) is 0. The van der Waals surface area contributed by atoms with Crippen LogP contribution in [-0.2, 0) is 21.3 Å². The molecule has 0 saturated carbocycles. The highest BCUT2D eigenvalue weighted by Gasteiger charge is 2.28. The van der Waals surface area contributed by atoms with Crippen molar-refractivity contribution in [1.82, 2.24) is 9.55 Å². The highest BCUT2D eigenvalue weighted by atomic mass is 16.5. The molecular formula is C40H38N2O5. The van der Waals surface area contributed by atoms with E-state index in [9.17, 15) is 14.4 Å². The van der Waals surface area contributed by atoms with Gasteiger partial charge in [0, 0.05) is 28.0 Å². The zero-order chi connectivity index (χ0) is 33.5. The second-order valence-electron chi connectivity index (χ2n) is 13.0. The molecule has 0 spiro atoms.